The van der Waals surface area contributed by atoms with Crippen LogP contribution in [-0.2, 0) is 47.5 Å². The zero-order valence-electron chi connectivity index (χ0n) is 36.1. The van der Waals surface area contributed by atoms with Crippen LogP contribution in [0.4, 0.5) is 9.59 Å². The third-order valence-electron chi connectivity index (χ3n) is 9.19. The van der Waals surface area contributed by atoms with Crippen LogP contribution in [-0.4, -0.2) is 115 Å². The Kier molecular flexibility index (Phi) is 19.9. The zero-order chi connectivity index (χ0) is 47.1. The molecule has 0 unspecified atom stereocenters. The number of esters is 4. The Balaban J connectivity index is 0.995. The van der Waals surface area contributed by atoms with Gasteiger partial charge >= 0.3 is 36.2 Å². The van der Waals surface area contributed by atoms with Crippen LogP contribution in [0.5, 0.6) is 23.0 Å². The molecule has 0 bridgehead atoms. The Morgan fingerprint density at radius 2 is 0.742 bits per heavy atom. The van der Waals surface area contributed by atoms with Gasteiger partial charge in [-0.05, 0) is 95.1 Å². The molecule has 0 fully saturated rings. The quantitative estimate of drug-likeness (QED) is 0.0158. The second-order valence-corrected chi connectivity index (χ2v) is 13.6. The van der Waals surface area contributed by atoms with E-state index in [2.05, 4.69) is 13.2 Å². The predicted molar refractivity (Wildman–Crippen MR) is 232 cm³/mol. The molecule has 0 radical (unpaired) electrons. The average molecular weight is 913 g/mol. The molecule has 4 aromatic rings. The summed E-state index contributed by atoms with van der Waals surface area (Å²) >= 11 is 0. The van der Waals surface area contributed by atoms with Crippen LogP contribution in [0, 0.1) is 0 Å². The van der Waals surface area contributed by atoms with Crippen LogP contribution < -0.4 is 18.9 Å². The monoisotopic (exact) mass is 912 g/mol. The SMILES string of the molecule is C=CC(=O)OCCOCCOCCOC(=O)Oc1ccc(C(=O)Oc2ccc3c(c2)C(C)c2cc(OC(=O)c4ccc(OC(=O)OCCOCCOCCOC(=O)C=C)cc4)ccc2-3)cc1. The van der Waals surface area contributed by atoms with E-state index in [0.29, 0.717) is 11.5 Å². The van der Waals surface area contributed by atoms with Crippen molar-refractivity contribution in [2.24, 2.45) is 0 Å². The molecular formula is C48H48O18. The summed E-state index contributed by atoms with van der Waals surface area (Å²) < 4.78 is 62.4. The summed E-state index contributed by atoms with van der Waals surface area (Å²) in [6.07, 6.45) is 0.231. The van der Waals surface area contributed by atoms with E-state index < -0.39 is 36.2 Å². The van der Waals surface area contributed by atoms with Crippen LogP contribution in [0.25, 0.3) is 11.1 Å². The second kappa shape index (κ2) is 26.4. The molecule has 18 heteroatoms. The number of hydrogen-bond donors (Lipinski definition) is 0. The maximum absolute atomic E-state index is 13.0. The molecule has 5 rings (SSSR count). The topological polar surface area (TPSA) is 213 Å². The van der Waals surface area contributed by atoms with Crippen LogP contribution in [0.2, 0.25) is 0 Å². The first kappa shape index (κ1) is 49.6. The molecule has 1 aliphatic rings. The van der Waals surface area contributed by atoms with Gasteiger partial charge in [-0.3, -0.25) is 0 Å². The molecule has 0 spiro atoms. The third-order valence-corrected chi connectivity index (χ3v) is 9.19. The molecule has 18 nitrogen and oxygen atoms in total. The lowest BCUT2D eigenvalue weighted by Crippen LogP contribution is -2.16. The van der Waals surface area contributed by atoms with Crippen LogP contribution in [0.3, 0.4) is 0 Å². The molecule has 66 heavy (non-hydrogen) atoms. The number of rotatable bonds is 26. The van der Waals surface area contributed by atoms with E-state index in [4.69, 9.17) is 56.8 Å². The van der Waals surface area contributed by atoms with E-state index in [1.165, 1.54) is 48.5 Å². The van der Waals surface area contributed by atoms with Crippen molar-refractivity contribution in [3.05, 3.63) is 132 Å². The molecule has 1 aliphatic carbocycles. The van der Waals surface area contributed by atoms with Gasteiger partial charge in [-0.15, -0.1) is 0 Å². The Hall–Kier alpha value is -7.38. The molecule has 0 saturated heterocycles. The van der Waals surface area contributed by atoms with Crippen molar-refractivity contribution >= 4 is 36.2 Å². The number of hydrogen-bond acceptors (Lipinski definition) is 18. The van der Waals surface area contributed by atoms with Crippen LogP contribution in [0.15, 0.2) is 110 Å². The van der Waals surface area contributed by atoms with Gasteiger partial charge in [0.2, 0.25) is 0 Å². The van der Waals surface area contributed by atoms with Gasteiger partial charge in [0.1, 0.15) is 49.4 Å². The smallest absolute Gasteiger partial charge is 0.460 e. The fourth-order valence-corrected chi connectivity index (χ4v) is 6.02. The Morgan fingerprint density at radius 3 is 1.09 bits per heavy atom. The first-order valence-electron chi connectivity index (χ1n) is 20.6. The van der Waals surface area contributed by atoms with Gasteiger partial charge in [0.25, 0.3) is 0 Å². The second-order valence-electron chi connectivity index (χ2n) is 13.6. The maximum atomic E-state index is 13.0. The van der Waals surface area contributed by atoms with Gasteiger partial charge in [0.05, 0.1) is 64.0 Å². The minimum Gasteiger partial charge on any atom is -0.460 e. The fraction of sp³-hybridized carbons (Fsp3) is 0.292. The lowest BCUT2D eigenvalue weighted by molar-refractivity contribution is -0.140. The summed E-state index contributed by atoms with van der Waals surface area (Å²) in [6.45, 7) is 10.3. The third kappa shape index (κ3) is 16.0. The van der Waals surface area contributed by atoms with Gasteiger partial charge in [-0.1, -0.05) is 32.2 Å². The number of ether oxygens (including phenoxy) is 12. The average Bonchev–Trinajstić information content (AvgIpc) is 3.59. The zero-order valence-corrected chi connectivity index (χ0v) is 36.1. The summed E-state index contributed by atoms with van der Waals surface area (Å²) in [5.41, 5.74) is 4.16. The van der Waals surface area contributed by atoms with E-state index in [1.807, 2.05) is 19.1 Å². The van der Waals surface area contributed by atoms with Crippen molar-refractivity contribution in [1.82, 2.24) is 0 Å². The number of benzene rings is 4. The number of carbonyl (C=O) groups is 6. The summed E-state index contributed by atoms with van der Waals surface area (Å²) in [6, 6.07) is 22.3. The highest BCUT2D eigenvalue weighted by molar-refractivity contribution is 5.92. The molecule has 0 aromatic heterocycles. The van der Waals surface area contributed by atoms with E-state index in [1.54, 1.807) is 24.3 Å². The minimum absolute atomic E-state index is 0.0599. The van der Waals surface area contributed by atoms with Crippen molar-refractivity contribution < 1.29 is 85.6 Å². The molecule has 4 aromatic carbocycles. The summed E-state index contributed by atoms with van der Waals surface area (Å²) in [5, 5.41) is 0. The first-order chi connectivity index (χ1) is 32.0. The maximum Gasteiger partial charge on any atom is 0.513 e. The van der Waals surface area contributed by atoms with Crippen molar-refractivity contribution in [3.8, 4) is 34.1 Å². The Morgan fingerprint density at radius 1 is 0.424 bits per heavy atom. The highest BCUT2D eigenvalue weighted by Gasteiger charge is 2.27. The van der Waals surface area contributed by atoms with Gasteiger partial charge in [-0.25, -0.2) is 28.8 Å². The molecular weight excluding hydrogens is 865 g/mol. The molecule has 0 atom stereocenters. The van der Waals surface area contributed by atoms with Crippen molar-refractivity contribution in [3.63, 3.8) is 0 Å². The number of carbonyl (C=O) groups excluding carboxylic acids is 6. The van der Waals surface area contributed by atoms with Crippen molar-refractivity contribution in [1.29, 1.82) is 0 Å². The van der Waals surface area contributed by atoms with Gasteiger partial charge in [0, 0.05) is 18.1 Å². The summed E-state index contributed by atoms with van der Waals surface area (Å²) in [4.78, 5) is 72.1. The van der Waals surface area contributed by atoms with E-state index >= 15 is 0 Å². The standard InChI is InChI=1S/C48H48O18/c1-4-43(49)59-26-22-55-18-20-57-24-28-61-47(53)65-35-10-6-33(7-11-35)45(51)63-37-14-16-39-40-17-15-38(31-42(40)32(3)41(39)30-37)64-46(52)34-8-12-36(13-9-34)66-48(54)62-29-25-58-21-19-56-23-27-60-44(50)5-2/h4-17,30-32H,1-2,18-29H2,3H3. The molecule has 348 valence electrons. The fourth-order valence-electron chi connectivity index (χ4n) is 6.02. The van der Waals surface area contributed by atoms with Gasteiger partial charge < -0.3 is 56.8 Å². The van der Waals surface area contributed by atoms with E-state index in [9.17, 15) is 28.8 Å². The normalized spacial score (nSPS) is 11.3. The summed E-state index contributed by atoms with van der Waals surface area (Å²) in [5.74, 6) is -1.46. The molecule has 0 heterocycles. The predicted octanol–water partition coefficient (Wildman–Crippen LogP) is 6.81. The molecule has 0 amide bonds. The minimum atomic E-state index is -0.948. The van der Waals surface area contributed by atoms with Gasteiger partial charge in [-0.2, -0.15) is 0 Å². The van der Waals surface area contributed by atoms with Crippen molar-refractivity contribution in [2.45, 2.75) is 12.8 Å². The van der Waals surface area contributed by atoms with E-state index in [-0.39, 0.29) is 108 Å². The van der Waals surface area contributed by atoms with Gasteiger partial charge in [0.15, 0.2) is 0 Å². The number of fused-ring (bicyclic) bond motifs is 3. The first-order valence-corrected chi connectivity index (χ1v) is 20.6. The lowest BCUT2D eigenvalue weighted by atomic mass is 9.99. The molecule has 0 N–H and O–H groups in total. The van der Waals surface area contributed by atoms with Crippen LogP contribution in [0.1, 0.15) is 44.7 Å². The van der Waals surface area contributed by atoms with Crippen LogP contribution >= 0.6 is 0 Å². The van der Waals surface area contributed by atoms with Crippen molar-refractivity contribution in [2.75, 3.05) is 79.3 Å². The highest BCUT2D eigenvalue weighted by atomic mass is 16.7. The highest BCUT2D eigenvalue weighted by Crippen LogP contribution is 2.47. The molecule has 0 saturated carbocycles. The Labute approximate surface area is 379 Å². The largest absolute Gasteiger partial charge is 0.513 e. The van der Waals surface area contributed by atoms with E-state index in [0.717, 1.165) is 34.4 Å². The lowest BCUT2D eigenvalue weighted by Gasteiger charge is -2.11. The summed E-state index contributed by atoms with van der Waals surface area (Å²) in [7, 11) is 0. The molecule has 0 aliphatic heterocycles. The Bertz CT molecular complexity index is 2140.